The second-order valence-electron chi connectivity index (χ2n) is 5.04. The molecule has 1 aromatic rings. The van der Waals surface area contributed by atoms with Gasteiger partial charge in [-0.2, -0.15) is 5.26 Å². The van der Waals surface area contributed by atoms with E-state index in [1.54, 1.807) is 18.2 Å². The van der Waals surface area contributed by atoms with E-state index in [-0.39, 0.29) is 29.1 Å². The molecule has 1 fully saturated rings. The molecule has 0 saturated carbocycles. The van der Waals surface area contributed by atoms with Crippen LogP contribution in [0, 0.1) is 11.3 Å². The smallest absolute Gasteiger partial charge is 0.183 e. The predicted octanol–water partition coefficient (Wildman–Crippen LogP) is 2.45. The van der Waals surface area contributed by atoms with Gasteiger partial charge in [0.2, 0.25) is 0 Å². The monoisotopic (exact) mass is 321 g/mol. The summed E-state index contributed by atoms with van der Waals surface area (Å²) in [5.74, 6) is -0.317. The highest BCUT2D eigenvalue weighted by Gasteiger charge is 2.17. The minimum Gasteiger partial charge on any atom is -0.353 e. The summed E-state index contributed by atoms with van der Waals surface area (Å²) < 4.78 is 35.3. The number of benzene rings is 1. The lowest BCUT2D eigenvalue weighted by Gasteiger charge is -2.21. The van der Waals surface area contributed by atoms with Gasteiger partial charge in [-0.25, -0.2) is 8.42 Å². The maximum absolute atomic E-state index is 12.2. The molecule has 1 saturated heterocycles. The Morgan fingerprint density at radius 1 is 1.36 bits per heavy atom. The lowest BCUT2D eigenvalue weighted by atomic mass is 10.2. The van der Waals surface area contributed by atoms with Gasteiger partial charge in [0.1, 0.15) is 0 Å². The van der Waals surface area contributed by atoms with Crippen molar-refractivity contribution in [2.45, 2.75) is 30.4 Å². The minimum atomic E-state index is -3.50. The van der Waals surface area contributed by atoms with Crippen molar-refractivity contribution < 1.29 is 17.9 Å². The summed E-state index contributed by atoms with van der Waals surface area (Å²) in [5.41, 5.74) is 0.180. The molecule has 1 aromatic carbocycles. The first kappa shape index (κ1) is 16.7. The third kappa shape index (κ3) is 4.95. The second kappa shape index (κ2) is 8.08. The Bertz CT molecular complexity index is 640. The van der Waals surface area contributed by atoms with Gasteiger partial charge in [-0.1, -0.05) is 18.2 Å². The second-order valence-corrected chi connectivity index (χ2v) is 7.03. The number of rotatable bonds is 6. The maximum atomic E-state index is 12.2. The average Bonchev–Trinajstić information content (AvgIpc) is 2.55. The molecule has 1 aliphatic rings. The minimum absolute atomic E-state index is 0.178. The van der Waals surface area contributed by atoms with Crippen molar-refractivity contribution in [3.05, 3.63) is 42.0 Å². The van der Waals surface area contributed by atoms with Crippen LogP contribution in [-0.4, -0.2) is 33.7 Å². The van der Waals surface area contributed by atoms with Crippen molar-refractivity contribution in [3.8, 4) is 6.07 Å². The molecule has 0 aromatic heterocycles. The molecular formula is C16H19NO4S. The molecular weight excluding hydrogens is 302 g/mol. The highest BCUT2D eigenvalue weighted by Crippen LogP contribution is 2.15. The zero-order valence-electron chi connectivity index (χ0n) is 12.3. The Balaban J connectivity index is 1.94. The van der Waals surface area contributed by atoms with Crippen molar-refractivity contribution >= 4 is 9.84 Å². The number of ether oxygens (including phenoxy) is 2. The van der Waals surface area contributed by atoms with E-state index in [2.05, 4.69) is 0 Å². The quantitative estimate of drug-likeness (QED) is 0.752. The SMILES string of the molecule is N#C/C(=C\COC1CCCCO1)CS(=O)(=O)c1ccccc1. The van der Waals surface area contributed by atoms with Crippen LogP contribution in [0.15, 0.2) is 46.9 Å². The van der Waals surface area contributed by atoms with Crippen LogP contribution in [0.2, 0.25) is 0 Å². The molecule has 118 valence electrons. The third-order valence-electron chi connectivity index (χ3n) is 3.34. The van der Waals surface area contributed by atoms with Crippen molar-refractivity contribution in [2.24, 2.45) is 0 Å². The van der Waals surface area contributed by atoms with Crippen LogP contribution in [0.1, 0.15) is 19.3 Å². The van der Waals surface area contributed by atoms with Crippen LogP contribution in [0.5, 0.6) is 0 Å². The van der Waals surface area contributed by atoms with Crippen molar-refractivity contribution in [2.75, 3.05) is 19.0 Å². The highest BCUT2D eigenvalue weighted by molar-refractivity contribution is 7.91. The van der Waals surface area contributed by atoms with E-state index in [0.29, 0.717) is 6.61 Å². The molecule has 1 aliphatic heterocycles. The molecule has 6 heteroatoms. The number of hydrogen-bond acceptors (Lipinski definition) is 5. The van der Waals surface area contributed by atoms with Crippen LogP contribution < -0.4 is 0 Å². The Hall–Kier alpha value is -1.68. The Kier molecular flexibility index (Phi) is 6.13. The number of sulfone groups is 1. The first-order chi connectivity index (χ1) is 10.6. The van der Waals surface area contributed by atoms with Gasteiger partial charge in [-0.3, -0.25) is 0 Å². The fourth-order valence-electron chi connectivity index (χ4n) is 2.15. The van der Waals surface area contributed by atoms with E-state index in [9.17, 15) is 8.42 Å². The van der Waals surface area contributed by atoms with E-state index < -0.39 is 9.84 Å². The van der Waals surface area contributed by atoms with E-state index in [1.165, 1.54) is 18.2 Å². The van der Waals surface area contributed by atoms with Gasteiger partial charge in [0, 0.05) is 12.2 Å². The summed E-state index contributed by atoms with van der Waals surface area (Å²) >= 11 is 0. The summed E-state index contributed by atoms with van der Waals surface area (Å²) in [6.07, 6.45) is 4.18. The van der Waals surface area contributed by atoms with E-state index in [0.717, 1.165) is 19.3 Å². The molecule has 5 nitrogen and oxygen atoms in total. The Labute approximate surface area is 131 Å². The van der Waals surface area contributed by atoms with Gasteiger partial charge in [-0.05, 0) is 37.5 Å². The zero-order chi connectivity index (χ0) is 15.8. The summed E-state index contributed by atoms with van der Waals surface area (Å²) in [6, 6.07) is 10.0. The van der Waals surface area contributed by atoms with Gasteiger partial charge in [0.05, 0.1) is 23.3 Å². The van der Waals surface area contributed by atoms with Crippen molar-refractivity contribution in [1.82, 2.24) is 0 Å². The summed E-state index contributed by atoms with van der Waals surface area (Å²) in [5, 5.41) is 9.10. The topological polar surface area (TPSA) is 76.4 Å². The normalized spacial score (nSPS) is 19.6. The van der Waals surface area contributed by atoms with Crippen LogP contribution >= 0.6 is 0 Å². The molecule has 1 unspecified atom stereocenters. The lowest BCUT2D eigenvalue weighted by molar-refractivity contribution is -0.155. The van der Waals surface area contributed by atoms with Gasteiger partial charge in [0.15, 0.2) is 16.1 Å². The number of nitrogens with zero attached hydrogens (tertiary/aromatic N) is 1. The first-order valence-electron chi connectivity index (χ1n) is 7.22. The summed E-state index contributed by atoms with van der Waals surface area (Å²) in [4.78, 5) is 0.215. The molecule has 22 heavy (non-hydrogen) atoms. The van der Waals surface area contributed by atoms with Crippen LogP contribution in [0.25, 0.3) is 0 Å². The van der Waals surface area contributed by atoms with E-state index in [4.69, 9.17) is 14.7 Å². The molecule has 0 radical (unpaired) electrons. The largest absolute Gasteiger partial charge is 0.353 e. The van der Waals surface area contributed by atoms with Crippen LogP contribution in [0.4, 0.5) is 0 Å². The summed E-state index contributed by atoms with van der Waals surface area (Å²) in [6.45, 7) is 0.861. The molecule has 0 aliphatic carbocycles. The fraction of sp³-hybridized carbons (Fsp3) is 0.438. The zero-order valence-corrected chi connectivity index (χ0v) is 13.1. The molecule has 0 N–H and O–H groups in total. The number of hydrogen-bond donors (Lipinski definition) is 0. The van der Waals surface area contributed by atoms with Crippen LogP contribution in [-0.2, 0) is 19.3 Å². The highest BCUT2D eigenvalue weighted by atomic mass is 32.2. The maximum Gasteiger partial charge on any atom is 0.183 e. The molecule has 1 heterocycles. The molecule has 1 atom stereocenters. The van der Waals surface area contributed by atoms with Crippen molar-refractivity contribution in [1.29, 1.82) is 5.26 Å². The first-order valence-corrected chi connectivity index (χ1v) is 8.87. The summed E-state index contributed by atoms with van der Waals surface area (Å²) in [7, 11) is -3.50. The predicted molar refractivity (Wildman–Crippen MR) is 81.7 cm³/mol. The van der Waals surface area contributed by atoms with Crippen LogP contribution in [0.3, 0.4) is 0 Å². The van der Waals surface area contributed by atoms with Gasteiger partial charge in [-0.15, -0.1) is 0 Å². The van der Waals surface area contributed by atoms with Gasteiger partial charge < -0.3 is 9.47 Å². The van der Waals surface area contributed by atoms with Gasteiger partial charge >= 0.3 is 0 Å². The van der Waals surface area contributed by atoms with Crippen molar-refractivity contribution in [3.63, 3.8) is 0 Å². The standard InChI is InChI=1S/C16H19NO4S/c17-12-14(9-11-21-16-8-4-5-10-20-16)13-22(18,19)15-6-2-1-3-7-15/h1-3,6-7,9,16H,4-5,8,10-11,13H2/b14-9+. The van der Waals surface area contributed by atoms with E-state index in [1.807, 2.05) is 6.07 Å². The van der Waals surface area contributed by atoms with Gasteiger partial charge in [0.25, 0.3) is 0 Å². The van der Waals surface area contributed by atoms with E-state index >= 15 is 0 Å². The fourth-order valence-corrected chi connectivity index (χ4v) is 3.48. The lowest BCUT2D eigenvalue weighted by Crippen LogP contribution is -2.22. The molecule has 0 spiro atoms. The number of nitriles is 1. The Morgan fingerprint density at radius 3 is 2.77 bits per heavy atom. The molecule has 2 rings (SSSR count). The average molecular weight is 321 g/mol. The Morgan fingerprint density at radius 2 is 2.14 bits per heavy atom. The third-order valence-corrected chi connectivity index (χ3v) is 5.02. The molecule has 0 amide bonds. The molecule has 0 bridgehead atoms.